The smallest absolute Gasteiger partial charge is 0.124 e. The minimum Gasteiger partial charge on any atom is -0.367 e. The van der Waals surface area contributed by atoms with Gasteiger partial charge in [-0.3, -0.25) is 0 Å². The van der Waals surface area contributed by atoms with Crippen LogP contribution in [0.15, 0.2) is 30.7 Å². The summed E-state index contributed by atoms with van der Waals surface area (Å²) in [5.74, 6) is 0.682. The lowest BCUT2D eigenvalue weighted by molar-refractivity contribution is 0.0746. The molecule has 1 aromatic carbocycles. The molecule has 0 spiro atoms. The first-order valence-corrected chi connectivity index (χ1v) is 7.49. The van der Waals surface area contributed by atoms with Crippen molar-refractivity contribution in [2.45, 2.75) is 32.8 Å². The van der Waals surface area contributed by atoms with E-state index in [0.717, 1.165) is 18.5 Å². The van der Waals surface area contributed by atoms with Crippen molar-refractivity contribution in [2.75, 3.05) is 12.5 Å². The Bertz CT molecular complexity index is 505. The van der Waals surface area contributed by atoms with Crippen LogP contribution in [0, 0.1) is 13.8 Å². The molecule has 0 fully saturated rings. The summed E-state index contributed by atoms with van der Waals surface area (Å²) in [5.41, 5.74) is 4.69. The molecule has 3 nitrogen and oxygen atoms in total. The Kier molecular flexibility index (Phi) is 5.62. The summed E-state index contributed by atoms with van der Waals surface area (Å²) >= 11 is 5.71. The lowest BCUT2D eigenvalue weighted by atomic mass is 9.96. The summed E-state index contributed by atoms with van der Waals surface area (Å²) in [6, 6.07) is 6.31. The number of nitrogens with zero attached hydrogens (tertiary/aromatic N) is 1. The van der Waals surface area contributed by atoms with Crippen LogP contribution in [0.4, 0.5) is 0 Å². The third kappa shape index (κ3) is 3.62. The molecule has 108 valence electrons. The van der Waals surface area contributed by atoms with Crippen molar-refractivity contribution in [1.29, 1.82) is 0 Å². The Hall–Kier alpha value is -1.32. The number of hydrogen-bond acceptors (Lipinski definition) is 2. The van der Waals surface area contributed by atoms with Gasteiger partial charge < -0.3 is 9.72 Å². The molecule has 1 atom stereocenters. The molecular formula is C16H21ClN2O. The molecule has 20 heavy (non-hydrogen) atoms. The molecule has 4 heteroatoms. The van der Waals surface area contributed by atoms with Crippen molar-refractivity contribution in [2.24, 2.45) is 0 Å². The van der Waals surface area contributed by atoms with E-state index >= 15 is 0 Å². The van der Waals surface area contributed by atoms with E-state index < -0.39 is 0 Å². The van der Waals surface area contributed by atoms with Crippen LogP contribution >= 0.6 is 11.6 Å². The largest absolute Gasteiger partial charge is 0.367 e. The van der Waals surface area contributed by atoms with Crippen molar-refractivity contribution in [3.63, 3.8) is 0 Å². The Balaban J connectivity index is 2.22. The fourth-order valence-electron chi connectivity index (χ4n) is 2.38. The molecule has 1 heterocycles. The number of aryl methyl sites for hydroxylation is 2. The number of benzene rings is 1. The van der Waals surface area contributed by atoms with Crippen molar-refractivity contribution in [1.82, 2.24) is 9.97 Å². The summed E-state index contributed by atoms with van der Waals surface area (Å²) in [6.07, 6.45) is 5.38. The predicted octanol–water partition coefficient (Wildman–Crippen LogP) is 4.15. The summed E-state index contributed by atoms with van der Waals surface area (Å²) in [7, 11) is 0. The average molecular weight is 293 g/mol. The molecule has 2 rings (SSSR count). The predicted molar refractivity (Wildman–Crippen MR) is 82.3 cm³/mol. The van der Waals surface area contributed by atoms with Crippen molar-refractivity contribution in [3.8, 4) is 0 Å². The topological polar surface area (TPSA) is 37.9 Å². The lowest BCUT2D eigenvalue weighted by Gasteiger charge is -2.21. The van der Waals surface area contributed by atoms with E-state index in [4.69, 9.17) is 16.3 Å². The van der Waals surface area contributed by atoms with Crippen LogP contribution in [-0.2, 0) is 4.74 Å². The number of aromatic amines is 1. The maximum atomic E-state index is 6.11. The van der Waals surface area contributed by atoms with Gasteiger partial charge in [-0.25, -0.2) is 4.98 Å². The van der Waals surface area contributed by atoms with Gasteiger partial charge in [0.25, 0.3) is 0 Å². The Labute approximate surface area is 125 Å². The van der Waals surface area contributed by atoms with Gasteiger partial charge in [0.05, 0.1) is 18.2 Å². The quantitative estimate of drug-likeness (QED) is 0.615. The van der Waals surface area contributed by atoms with Gasteiger partial charge in [-0.1, -0.05) is 18.2 Å². The van der Waals surface area contributed by atoms with Crippen molar-refractivity contribution in [3.05, 3.63) is 53.1 Å². The molecule has 0 aliphatic carbocycles. The highest BCUT2D eigenvalue weighted by molar-refractivity contribution is 6.17. The van der Waals surface area contributed by atoms with Gasteiger partial charge in [0, 0.05) is 12.5 Å². The van der Waals surface area contributed by atoms with Gasteiger partial charge in [0.2, 0.25) is 0 Å². The number of unbranched alkanes of at least 4 members (excludes halogenated alkanes) is 1. The van der Waals surface area contributed by atoms with E-state index in [1.165, 1.54) is 16.7 Å². The van der Waals surface area contributed by atoms with Crippen LogP contribution in [0.25, 0.3) is 0 Å². The first-order chi connectivity index (χ1) is 9.74. The number of ether oxygens (including phenoxy) is 1. The average Bonchev–Trinajstić information content (AvgIpc) is 2.95. The second-order valence-electron chi connectivity index (χ2n) is 4.96. The zero-order valence-electron chi connectivity index (χ0n) is 12.0. The highest BCUT2D eigenvalue weighted by Gasteiger charge is 2.20. The van der Waals surface area contributed by atoms with Gasteiger partial charge in [-0.05, 0) is 43.4 Å². The fourth-order valence-corrected chi connectivity index (χ4v) is 2.57. The lowest BCUT2D eigenvalue weighted by Crippen LogP contribution is -2.11. The van der Waals surface area contributed by atoms with Crippen molar-refractivity contribution >= 4 is 11.6 Å². The number of H-pyrrole nitrogens is 1. The Morgan fingerprint density at radius 2 is 2.00 bits per heavy atom. The van der Waals surface area contributed by atoms with Gasteiger partial charge in [0.15, 0.2) is 0 Å². The molecule has 0 saturated carbocycles. The molecule has 2 aromatic rings. The molecule has 0 amide bonds. The summed E-state index contributed by atoms with van der Waals surface area (Å²) < 4.78 is 6.11. The van der Waals surface area contributed by atoms with Crippen LogP contribution in [0.5, 0.6) is 0 Å². The number of nitrogens with one attached hydrogen (secondary N) is 1. The van der Waals surface area contributed by atoms with Crippen LogP contribution in [-0.4, -0.2) is 22.5 Å². The number of alkyl halides is 1. The molecule has 1 unspecified atom stereocenters. The number of rotatable bonds is 7. The van der Waals surface area contributed by atoms with Crippen LogP contribution in [0.1, 0.15) is 41.3 Å². The number of imidazole rings is 1. The second kappa shape index (κ2) is 7.46. The third-order valence-electron chi connectivity index (χ3n) is 3.42. The highest BCUT2D eigenvalue weighted by Crippen LogP contribution is 2.30. The summed E-state index contributed by atoms with van der Waals surface area (Å²) in [4.78, 5) is 7.28. The maximum Gasteiger partial charge on any atom is 0.124 e. The second-order valence-corrected chi connectivity index (χ2v) is 5.34. The third-order valence-corrected chi connectivity index (χ3v) is 3.69. The van der Waals surface area contributed by atoms with E-state index in [1.807, 2.05) is 6.20 Å². The van der Waals surface area contributed by atoms with Gasteiger partial charge in [0.1, 0.15) is 6.10 Å². The van der Waals surface area contributed by atoms with Gasteiger partial charge in [-0.15, -0.1) is 11.6 Å². The van der Waals surface area contributed by atoms with Crippen LogP contribution < -0.4 is 0 Å². The zero-order chi connectivity index (χ0) is 14.4. The molecule has 0 bridgehead atoms. The van der Waals surface area contributed by atoms with E-state index in [9.17, 15) is 0 Å². The Morgan fingerprint density at radius 1 is 1.25 bits per heavy atom. The van der Waals surface area contributed by atoms with Crippen LogP contribution in [0.2, 0.25) is 0 Å². The van der Waals surface area contributed by atoms with E-state index in [0.29, 0.717) is 12.5 Å². The maximum absolute atomic E-state index is 6.11. The molecule has 0 aliphatic rings. The molecular weight excluding hydrogens is 272 g/mol. The number of hydrogen-bond donors (Lipinski definition) is 1. The monoisotopic (exact) mass is 292 g/mol. The first-order valence-electron chi connectivity index (χ1n) is 6.96. The summed E-state index contributed by atoms with van der Waals surface area (Å²) in [6.45, 7) is 4.94. The SMILES string of the molecule is Cc1cccc(C)c1C(OCCCCCl)c1cnc[nH]1. The van der Waals surface area contributed by atoms with Crippen molar-refractivity contribution < 1.29 is 4.74 Å². The molecule has 1 N–H and O–H groups in total. The summed E-state index contributed by atoms with van der Waals surface area (Å²) in [5, 5.41) is 0. The highest BCUT2D eigenvalue weighted by atomic mass is 35.5. The van der Waals surface area contributed by atoms with E-state index in [-0.39, 0.29) is 6.10 Å². The minimum absolute atomic E-state index is 0.0889. The normalized spacial score (nSPS) is 12.6. The fraction of sp³-hybridized carbons (Fsp3) is 0.438. The number of aromatic nitrogens is 2. The van der Waals surface area contributed by atoms with Gasteiger partial charge in [-0.2, -0.15) is 0 Å². The first kappa shape index (κ1) is 15.1. The molecule has 0 radical (unpaired) electrons. The number of halogens is 1. The standard InChI is InChI=1S/C16H21ClN2O/c1-12-6-5-7-13(2)15(12)16(14-10-18-11-19-14)20-9-4-3-8-17/h5-7,10-11,16H,3-4,8-9H2,1-2H3,(H,18,19). The van der Waals surface area contributed by atoms with E-state index in [1.54, 1.807) is 6.33 Å². The minimum atomic E-state index is -0.0889. The molecule has 0 saturated heterocycles. The molecule has 0 aliphatic heterocycles. The van der Waals surface area contributed by atoms with E-state index in [2.05, 4.69) is 42.0 Å². The zero-order valence-corrected chi connectivity index (χ0v) is 12.8. The Morgan fingerprint density at radius 3 is 2.60 bits per heavy atom. The molecule has 1 aromatic heterocycles. The van der Waals surface area contributed by atoms with Gasteiger partial charge >= 0.3 is 0 Å². The van der Waals surface area contributed by atoms with Crippen LogP contribution in [0.3, 0.4) is 0 Å².